The van der Waals surface area contributed by atoms with Crippen molar-refractivity contribution in [2.45, 2.75) is 0 Å². The fourth-order valence-electron chi connectivity index (χ4n) is 17.7. The molecule has 0 fully saturated rings. The summed E-state index contributed by atoms with van der Waals surface area (Å²) in [5.74, 6) is 0. The molecule has 0 saturated heterocycles. The van der Waals surface area contributed by atoms with E-state index in [2.05, 4.69) is 373 Å². The third-order valence-electron chi connectivity index (χ3n) is 23.2. The molecular formula is C110H68N6. The number of rotatable bonds is 7. The van der Waals surface area contributed by atoms with Gasteiger partial charge in [-0.1, -0.05) is 322 Å². The molecule has 6 aromatic heterocycles. The zero-order chi connectivity index (χ0) is 76.6. The second kappa shape index (κ2) is 28.4. The van der Waals surface area contributed by atoms with Gasteiger partial charge in [0.25, 0.3) is 0 Å². The van der Waals surface area contributed by atoms with Gasteiger partial charge in [0.15, 0.2) is 0 Å². The average Bonchev–Trinajstić information content (AvgIpc) is 0.729. The normalized spacial score (nSPS) is 11.6. The Balaban J connectivity index is 0.000000111. The van der Waals surface area contributed by atoms with E-state index in [-0.39, 0.29) is 0 Å². The third kappa shape index (κ3) is 11.8. The lowest BCUT2D eigenvalue weighted by atomic mass is 9.84. The summed E-state index contributed by atoms with van der Waals surface area (Å²) in [6.07, 6.45) is 5.46. The Morgan fingerprint density at radius 3 is 0.983 bits per heavy atom. The largest absolute Gasteiger partial charge is 0.254 e. The van der Waals surface area contributed by atoms with Crippen molar-refractivity contribution >= 4 is 152 Å². The molecule has 0 atom stereocenters. The molecule has 0 aliphatic heterocycles. The van der Waals surface area contributed by atoms with Crippen LogP contribution in [-0.4, -0.2) is 29.9 Å². The first-order valence-corrected chi connectivity index (χ1v) is 39.4. The van der Waals surface area contributed by atoms with Crippen LogP contribution in [0.4, 0.5) is 0 Å². The lowest BCUT2D eigenvalue weighted by Gasteiger charge is -2.19. The van der Waals surface area contributed by atoms with E-state index in [1.807, 2.05) is 55.0 Å². The quantitative estimate of drug-likeness (QED) is 0.117. The van der Waals surface area contributed by atoms with Gasteiger partial charge in [-0.05, 0) is 198 Å². The molecule has 24 aromatic rings. The van der Waals surface area contributed by atoms with Crippen LogP contribution in [0.3, 0.4) is 0 Å². The van der Waals surface area contributed by atoms with Crippen LogP contribution in [0.15, 0.2) is 413 Å². The summed E-state index contributed by atoms with van der Waals surface area (Å²) in [4.78, 5) is 29.1. The van der Waals surface area contributed by atoms with Crippen molar-refractivity contribution in [1.29, 1.82) is 0 Å². The van der Waals surface area contributed by atoms with Gasteiger partial charge in [-0.3, -0.25) is 15.0 Å². The van der Waals surface area contributed by atoms with Crippen molar-refractivity contribution in [2.75, 3.05) is 0 Å². The Kier molecular flexibility index (Phi) is 16.5. The Hall–Kier alpha value is -15.5. The van der Waals surface area contributed by atoms with Crippen molar-refractivity contribution in [3.05, 3.63) is 413 Å². The molecule has 0 aliphatic carbocycles. The molecule has 0 amide bonds. The summed E-state index contributed by atoms with van der Waals surface area (Å²) in [5.41, 5.74) is 21.8. The summed E-state index contributed by atoms with van der Waals surface area (Å²) in [6.45, 7) is 0. The molecule has 0 radical (unpaired) electrons. The first kappa shape index (κ1) is 67.4. The maximum Gasteiger partial charge on any atom is 0.0986 e. The number of aromatic nitrogens is 6. The van der Waals surface area contributed by atoms with Crippen LogP contribution in [0.1, 0.15) is 0 Å². The van der Waals surface area contributed by atoms with E-state index < -0.39 is 0 Å². The maximum atomic E-state index is 5.30. The fraction of sp³-hybridized carbons (Fsp3) is 0. The molecule has 6 heterocycles. The van der Waals surface area contributed by atoms with E-state index in [0.29, 0.717) is 0 Å². The van der Waals surface area contributed by atoms with Gasteiger partial charge in [0, 0.05) is 73.0 Å². The van der Waals surface area contributed by atoms with Crippen LogP contribution >= 0.6 is 0 Å². The van der Waals surface area contributed by atoms with E-state index in [1.54, 1.807) is 0 Å². The molecule has 0 saturated carbocycles. The van der Waals surface area contributed by atoms with Gasteiger partial charge in [-0.15, -0.1) is 0 Å². The number of fused-ring (bicyclic) bond motifs is 19. The summed E-state index contributed by atoms with van der Waals surface area (Å²) in [7, 11) is 0. The maximum absolute atomic E-state index is 5.30. The predicted octanol–water partition coefficient (Wildman–Crippen LogP) is 29.2. The third-order valence-corrected chi connectivity index (χ3v) is 23.2. The van der Waals surface area contributed by atoms with Crippen LogP contribution in [0.25, 0.3) is 230 Å². The lowest BCUT2D eigenvalue weighted by molar-refractivity contribution is 1.36. The molecule has 6 nitrogen and oxygen atoms in total. The molecule has 0 spiro atoms. The van der Waals surface area contributed by atoms with E-state index in [9.17, 15) is 0 Å². The molecule has 0 N–H and O–H groups in total. The number of nitrogens with zero attached hydrogens (tertiary/aromatic N) is 6. The molecule has 24 rings (SSSR count). The zero-order valence-corrected chi connectivity index (χ0v) is 62.9. The highest BCUT2D eigenvalue weighted by atomic mass is 14.8. The van der Waals surface area contributed by atoms with Gasteiger partial charge in [-0.2, -0.15) is 0 Å². The van der Waals surface area contributed by atoms with Crippen molar-refractivity contribution in [1.82, 2.24) is 29.9 Å². The molecule has 116 heavy (non-hydrogen) atoms. The predicted molar refractivity (Wildman–Crippen MR) is 489 cm³/mol. The zero-order valence-electron chi connectivity index (χ0n) is 62.9. The van der Waals surface area contributed by atoms with Crippen LogP contribution in [0.2, 0.25) is 0 Å². The van der Waals surface area contributed by atoms with Crippen molar-refractivity contribution in [3.63, 3.8) is 0 Å². The fourth-order valence-corrected chi connectivity index (χ4v) is 17.7. The van der Waals surface area contributed by atoms with Gasteiger partial charge in [0.1, 0.15) is 0 Å². The number of hydrogen-bond acceptors (Lipinski definition) is 6. The van der Waals surface area contributed by atoms with Crippen molar-refractivity contribution in [2.24, 2.45) is 0 Å². The highest BCUT2D eigenvalue weighted by molar-refractivity contribution is 6.25. The van der Waals surface area contributed by atoms with Gasteiger partial charge < -0.3 is 0 Å². The number of pyridine rings is 6. The van der Waals surface area contributed by atoms with Crippen molar-refractivity contribution in [3.8, 4) is 78.3 Å². The van der Waals surface area contributed by atoms with Gasteiger partial charge in [0.2, 0.25) is 0 Å². The SMILES string of the molecule is c1ccc(-c2ccc3c4cccnc4c4ncccc4c3n2)cc1.c1ccc2cc(-c3c4ccccc4c(-c4ccc(-c5ccc6ccc7cccnc7c6n5)cc4)c4ccccc34)ccc2c1.c1ccc2cc(-c3c4ccccc4c(-c4ccc5ccccc5c4)c4cc(-c5ccc6ccc7ccccc7c6n5)ccc34)ccc2c1. The summed E-state index contributed by atoms with van der Waals surface area (Å²) in [5, 5.41) is 26.5. The molecule has 6 heteroatoms. The minimum atomic E-state index is 0.901. The van der Waals surface area contributed by atoms with Crippen LogP contribution in [-0.2, 0) is 0 Å². The molecular weight excluding hydrogens is 1410 g/mol. The van der Waals surface area contributed by atoms with Crippen LogP contribution in [0.5, 0.6) is 0 Å². The second-order valence-electron chi connectivity index (χ2n) is 29.9. The van der Waals surface area contributed by atoms with Gasteiger partial charge in [-0.25, -0.2) is 15.0 Å². The lowest BCUT2D eigenvalue weighted by Crippen LogP contribution is -1.93. The smallest absolute Gasteiger partial charge is 0.0986 e. The highest BCUT2D eigenvalue weighted by Gasteiger charge is 2.22. The number of benzene rings is 18. The van der Waals surface area contributed by atoms with E-state index in [4.69, 9.17) is 15.0 Å². The summed E-state index contributed by atoms with van der Waals surface area (Å²) >= 11 is 0. The minimum Gasteiger partial charge on any atom is -0.254 e. The van der Waals surface area contributed by atoms with Crippen molar-refractivity contribution < 1.29 is 0 Å². The van der Waals surface area contributed by atoms with Gasteiger partial charge in [0.05, 0.1) is 50.2 Å². The molecule has 0 unspecified atom stereocenters. The highest BCUT2D eigenvalue weighted by Crippen LogP contribution is 2.48. The summed E-state index contributed by atoms with van der Waals surface area (Å²) < 4.78 is 0. The van der Waals surface area contributed by atoms with Gasteiger partial charge >= 0.3 is 0 Å². The topological polar surface area (TPSA) is 77.3 Å². The van der Waals surface area contributed by atoms with E-state index >= 15 is 0 Å². The molecule has 0 bridgehead atoms. The Morgan fingerprint density at radius 2 is 0.431 bits per heavy atom. The molecule has 18 aromatic carbocycles. The number of hydrogen-bond donors (Lipinski definition) is 0. The van der Waals surface area contributed by atoms with Crippen LogP contribution in [0, 0.1) is 0 Å². The first-order chi connectivity index (χ1) is 57.5. The van der Waals surface area contributed by atoms with Crippen LogP contribution < -0.4 is 0 Å². The van der Waals surface area contributed by atoms with E-state index in [0.717, 1.165) is 99.2 Å². The Morgan fingerprint density at radius 1 is 0.129 bits per heavy atom. The molecule has 0 aliphatic rings. The standard InChI is InChI=1S/C47H29N.C42H26N2.C21H13N3/c1-3-12-34-27-37(21-17-30(34)9-1)45-40-15-7-8-16-41(40)46(38-22-18-31-10-2-4-13-35(31)28-38)43-29-36(23-25-42(43)45)44-26-24-33-20-19-32-11-5-6-14-39(32)47(33)48-44;1-2-9-32-26-33(22-15-27(32)8-1)40-36-13-5-3-11-34(36)39(35-12-4-6-14-37(35)40)29-18-16-28(17-19-29)38-24-23-31-21-20-30-10-7-25-43-41(30)42(31)44-38;1-2-6-14(7-3-1)18-11-10-16-15-8-4-12-22-20(15)21-17(19(16)24-18)9-5-13-23-21/h1-29H;1-26H;1-13H. The van der Waals surface area contributed by atoms with E-state index in [1.165, 1.54) is 131 Å². The summed E-state index contributed by atoms with van der Waals surface area (Å²) in [6, 6.07) is 141. The Labute approximate surface area is 668 Å². The molecule has 538 valence electrons. The minimum absolute atomic E-state index is 0.901. The second-order valence-corrected chi connectivity index (χ2v) is 29.9. The average molecular weight is 1470 g/mol. The first-order valence-electron chi connectivity index (χ1n) is 39.4. The monoisotopic (exact) mass is 1470 g/mol. The Bertz CT molecular complexity index is 8010.